The summed E-state index contributed by atoms with van der Waals surface area (Å²) in [6, 6.07) is 8.10. The first kappa shape index (κ1) is 12.7. The van der Waals surface area contributed by atoms with Gasteiger partial charge in [0.25, 0.3) is 0 Å². The molecule has 0 radical (unpaired) electrons. The van der Waals surface area contributed by atoms with Crippen molar-refractivity contribution in [3.8, 4) is 0 Å². The topological polar surface area (TPSA) is 37.3 Å². The van der Waals surface area contributed by atoms with Gasteiger partial charge in [0.05, 0.1) is 0 Å². The zero-order chi connectivity index (χ0) is 11.3. The van der Waals surface area contributed by atoms with E-state index in [-0.39, 0.29) is 0 Å². The molecule has 1 aromatic rings. The fourth-order valence-corrected chi connectivity index (χ4v) is 1.85. The lowest BCUT2D eigenvalue weighted by Gasteiger charge is -2.04. The highest BCUT2D eigenvalue weighted by molar-refractivity contribution is 9.10. The first-order valence-electron chi connectivity index (χ1n) is 4.71. The lowest BCUT2D eigenvalue weighted by Crippen LogP contribution is -2.12. The summed E-state index contributed by atoms with van der Waals surface area (Å²) in [6.07, 6.45) is 2.46. The SMILES string of the molecule is O=C(O)C(Br)CCCc1ccc(Br)cc1. The quantitative estimate of drug-likeness (QED) is 0.834. The standard InChI is InChI=1S/C11H12Br2O2/c12-9-6-4-8(5-7-9)2-1-3-10(13)11(14)15/h4-7,10H,1-3H2,(H,14,15). The molecule has 15 heavy (non-hydrogen) atoms. The molecule has 1 rings (SSSR count). The summed E-state index contributed by atoms with van der Waals surface area (Å²) >= 11 is 6.49. The van der Waals surface area contributed by atoms with Gasteiger partial charge in [-0.05, 0) is 37.0 Å². The van der Waals surface area contributed by atoms with Crippen molar-refractivity contribution in [3.63, 3.8) is 0 Å². The van der Waals surface area contributed by atoms with Gasteiger partial charge in [0.2, 0.25) is 0 Å². The number of aryl methyl sites for hydroxylation is 1. The summed E-state index contributed by atoms with van der Waals surface area (Å²) in [5.74, 6) is -0.786. The van der Waals surface area contributed by atoms with Gasteiger partial charge in [-0.1, -0.05) is 44.0 Å². The van der Waals surface area contributed by atoms with Crippen molar-refractivity contribution >= 4 is 37.8 Å². The Labute approximate surface area is 106 Å². The van der Waals surface area contributed by atoms with Crippen molar-refractivity contribution in [1.29, 1.82) is 0 Å². The summed E-state index contributed by atoms with van der Waals surface area (Å²) in [5.41, 5.74) is 1.24. The molecule has 1 N–H and O–H groups in total. The molecule has 0 aromatic heterocycles. The fourth-order valence-electron chi connectivity index (χ4n) is 1.26. The normalized spacial score (nSPS) is 12.4. The summed E-state index contributed by atoms with van der Waals surface area (Å²) in [6.45, 7) is 0. The highest BCUT2D eigenvalue weighted by atomic mass is 79.9. The minimum atomic E-state index is -0.786. The molecule has 0 saturated carbocycles. The van der Waals surface area contributed by atoms with Gasteiger partial charge in [0.1, 0.15) is 4.83 Å². The molecule has 4 heteroatoms. The maximum absolute atomic E-state index is 10.5. The minimum absolute atomic E-state index is 0.423. The van der Waals surface area contributed by atoms with Gasteiger partial charge in [-0.25, -0.2) is 0 Å². The number of hydrogen-bond acceptors (Lipinski definition) is 1. The number of aliphatic carboxylic acids is 1. The Morgan fingerprint density at radius 3 is 2.47 bits per heavy atom. The lowest BCUT2D eigenvalue weighted by molar-refractivity contribution is -0.136. The average Bonchev–Trinajstić information content (AvgIpc) is 2.20. The molecular weight excluding hydrogens is 324 g/mol. The van der Waals surface area contributed by atoms with E-state index in [9.17, 15) is 4.79 Å². The van der Waals surface area contributed by atoms with Crippen molar-refractivity contribution in [3.05, 3.63) is 34.3 Å². The summed E-state index contributed by atoms with van der Waals surface area (Å²) in [7, 11) is 0. The lowest BCUT2D eigenvalue weighted by atomic mass is 10.1. The van der Waals surface area contributed by atoms with E-state index in [0.29, 0.717) is 6.42 Å². The highest BCUT2D eigenvalue weighted by Gasteiger charge is 2.11. The number of rotatable bonds is 5. The Hall–Kier alpha value is -0.350. The molecular formula is C11H12Br2O2. The van der Waals surface area contributed by atoms with Gasteiger partial charge in [0.15, 0.2) is 0 Å². The molecule has 0 heterocycles. The van der Waals surface area contributed by atoms with Crippen molar-refractivity contribution < 1.29 is 9.90 Å². The number of carboxylic acids is 1. The van der Waals surface area contributed by atoms with Crippen molar-refractivity contribution in [2.24, 2.45) is 0 Å². The van der Waals surface area contributed by atoms with Crippen LogP contribution in [0.25, 0.3) is 0 Å². The van der Waals surface area contributed by atoms with E-state index in [4.69, 9.17) is 5.11 Å². The van der Waals surface area contributed by atoms with Crippen LogP contribution in [-0.4, -0.2) is 15.9 Å². The van der Waals surface area contributed by atoms with Gasteiger partial charge < -0.3 is 5.11 Å². The van der Waals surface area contributed by atoms with E-state index >= 15 is 0 Å². The van der Waals surface area contributed by atoms with Crippen molar-refractivity contribution in [2.45, 2.75) is 24.1 Å². The highest BCUT2D eigenvalue weighted by Crippen LogP contribution is 2.14. The zero-order valence-electron chi connectivity index (χ0n) is 8.12. The predicted octanol–water partition coefficient (Wildman–Crippen LogP) is 3.62. The van der Waals surface area contributed by atoms with E-state index in [2.05, 4.69) is 31.9 Å². The molecule has 1 unspecified atom stereocenters. The van der Waals surface area contributed by atoms with Crippen molar-refractivity contribution in [2.75, 3.05) is 0 Å². The van der Waals surface area contributed by atoms with Crippen LogP contribution in [0.1, 0.15) is 18.4 Å². The second-order valence-electron chi connectivity index (χ2n) is 3.32. The van der Waals surface area contributed by atoms with Crippen LogP contribution in [0.5, 0.6) is 0 Å². The zero-order valence-corrected chi connectivity index (χ0v) is 11.3. The van der Waals surface area contributed by atoms with E-state index in [0.717, 1.165) is 17.3 Å². The van der Waals surface area contributed by atoms with E-state index in [1.165, 1.54) is 5.56 Å². The van der Waals surface area contributed by atoms with E-state index < -0.39 is 10.8 Å². The van der Waals surface area contributed by atoms with Crippen LogP contribution in [0.3, 0.4) is 0 Å². The second kappa shape index (κ2) is 6.28. The third-order valence-corrected chi connectivity index (χ3v) is 3.48. The number of carbonyl (C=O) groups is 1. The van der Waals surface area contributed by atoms with Gasteiger partial charge in [-0.3, -0.25) is 4.79 Å². The molecule has 0 fully saturated rings. The summed E-state index contributed by atoms with van der Waals surface area (Å²) in [5, 5.41) is 8.66. The number of alkyl halides is 1. The smallest absolute Gasteiger partial charge is 0.317 e. The van der Waals surface area contributed by atoms with Crippen LogP contribution in [-0.2, 0) is 11.2 Å². The first-order chi connectivity index (χ1) is 7.09. The molecule has 0 aliphatic heterocycles. The molecule has 0 saturated heterocycles. The molecule has 0 amide bonds. The van der Waals surface area contributed by atoms with Crippen LogP contribution in [0, 0.1) is 0 Å². The predicted molar refractivity (Wildman–Crippen MR) is 67.4 cm³/mol. The van der Waals surface area contributed by atoms with E-state index in [1.54, 1.807) is 0 Å². The third kappa shape index (κ3) is 4.80. The Morgan fingerprint density at radius 1 is 1.33 bits per heavy atom. The maximum atomic E-state index is 10.5. The van der Waals surface area contributed by atoms with Crippen LogP contribution >= 0.6 is 31.9 Å². The Bertz CT molecular complexity index is 322. The molecule has 1 aromatic carbocycles. The van der Waals surface area contributed by atoms with Gasteiger partial charge >= 0.3 is 5.97 Å². The molecule has 82 valence electrons. The van der Waals surface area contributed by atoms with Gasteiger partial charge in [0, 0.05) is 4.47 Å². The number of benzene rings is 1. The minimum Gasteiger partial charge on any atom is -0.480 e. The van der Waals surface area contributed by atoms with Crippen LogP contribution < -0.4 is 0 Å². The molecule has 1 atom stereocenters. The average molecular weight is 336 g/mol. The van der Waals surface area contributed by atoms with Gasteiger partial charge in [-0.2, -0.15) is 0 Å². The Kier molecular flexibility index (Phi) is 5.32. The number of carboxylic acid groups (broad SMARTS) is 1. The van der Waals surface area contributed by atoms with Gasteiger partial charge in [-0.15, -0.1) is 0 Å². The Balaban J connectivity index is 2.32. The van der Waals surface area contributed by atoms with E-state index in [1.807, 2.05) is 24.3 Å². The Morgan fingerprint density at radius 2 is 1.93 bits per heavy atom. The maximum Gasteiger partial charge on any atom is 0.317 e. The van der Waals surface area contributed by atoms with Crippen LogP contribution in [0.2, 0.25) is 0 Å². The molecule has 0 aliphatic rings. The summed E-state index contributed by atoms with van der Waals surface area (Å²) < 4.78 is 1.06. The van der Waals surface area contributed by atoms with Crippen molar-refractivity contribution in [1.82, 2.24) is 0 Å². The number of halogens is 2. The summed E-state index contributed by atoms with van der Waals surface area (Å²) in [4.78, 5) is 10.1. The first-order valence-corrected chi connectivity index (χ1v) is 6.42. The second-order valence-corrected chi connectivity index (χ2v) is 5.35. The molecule has 0 aliphatic carbocycles. The number of hydrogen-bond donors (Lipinski definition) is 1. The molecule has 0 spiro atoms. The fraction of sp³-hybridized carbons (Fsp3) is 0.364. The monoisotopic (exact) mass is 334 g/mol. The molecule has 0 bridgehead atoms. The third-order valence-electron chi connectivity index (χ3n) is 2.10. The van der Waals surface area contributed by atoms with Crippen LogP contribution in [0.4, 0.5) is 0 Å². The largest absolute Gasteiger partial charge is 0.480 e. The van der Waals surface area contributed by atoms with Crippen LogP contribution in [0.15, 0.2) is 28.7 Å². The molecule has 2 nitrogen and oxygen atoms in total.